The molecule has 4 aromatic heterocycles. The maximum absolute atomic E-state index is 14.2. The van der Waals surface area contributed by atoms with E-state index in [-0.39, 0.29) is 11.3 Å². The Labute approximate surface area is 305 Å². The number of hydrogen-bond acceptors (Lipinski definition) is 7. The van der Waals surface area contributed by atoms with Crippen LogP contribution < -0.4 is 15.2 Å². The third-order valence-electron chi connectivity index (χ3n) is 8.91. The van der Waals surface area contributed by atoms with Crippen LogP contribution in [0, 0.1) is 45.1 Å². The van der Waals surface area contributed by atoms with Gasteiger partial charge in [0.15, 0.2) is 0 Å². The van der Waals surface area contributed by atoms with Gasteiger partial charge in [0.1, 0.15) is 51.6 Å². The molecule has 4 aromatic carbocycles. The van der Waals surface area contributed by atoms with E-state index >= 15 is 0 Å². The monoisotopic (exact) mass is 737 g/mol. The molecule has 53 heavy (non-hydrogen) atoms. The van der Waals surface area contributed by atoms with Crippen LogP contribution in [0.2, 0.25) is 5.02 Å². The summed E-state index contributed by atoms with van der Waals surface area (Å²) in [7, 11) is 2.94. The minimum atomic E-state index is -0.882. The third kappa shape index (κ3) is 5.92. The number of nitrogens with two attached hydrogens (primary N) is 1. The predicted octanol–water partition coefficient (Wildman–Crippen LogP) is 8.52. The lowest BCUT2D eigenvalue weighted by atomic mass is 10.1. The lowest BCUT2D eigenvalue weighted by Crippen LogP contribution is -2.13. The first-order chi connectivity index (χ1) is 25.3. The number of benzene rings is 4. The van der Waals surface area contributed by atoms with Crippen LogP contribution in [0.15, 0.2) is 66.7 Å². The molecule has 0 saturated carbocycles. The normalized spacial score (nSPS) is 11.4. The molecular formula is C39H31ClF3N7O3. The number of fused-ring (bicyclic) bond motifs is 6. The lowest BCUT2D eigenvalue weighted by molar-refractivity contribution is 0.0996. The van der Waals surface area contributed by atoms with E-state index in [1.807, 2.05) is 49.4 Å². The number of carbonyl (C=O) groups excluding carboxylic acids is 1. The quantitative estimate of drug-likeness (QED) is 0.188. The molecule has 0 bridgehead atoms. The lowest BCUT2D eigenvalue weighted by Gasteiger charge is -2.12. The van der Waals surface area contributed by atoms with E-state index in [1.165, 1.54) is 50.6 Å². The molecule has 0 fully saturated rings. The van der Waals surface area contributed by atoms with Crippen LogP contribution in [0.3, 0.4) is 0 Å². The average molecular weight is 738 g/mol. The van der Waals surface area contributed by atoms with Crippen molar-refractivity contribution in [2.45, 2.75) is 27.7 Å². The summed E-state index contributed by atoms with van der Waals surface area (Å²) in [5, 5.41) is 0.584. The van der Waals surface area contributed by atoms with Crippen molar-refractivity contribution in [2.75, 3.05) is 14.2 Å². The zero-order valence-electron chi connectivity index (χ0n) is 29.3. The fourth-order valence-electron chi connectivity index (χ4n) is 6.68. The molecule has 14 heteroatoms. The number of aryl methyl sites for hydroxylation is 4. The molecule has 10 nitrogen and oxygen atoms in total. The van der Waals surface area contributed by atoms with E-state index < -0.39 is 23.4 Å². The van der Waals surface area contributed by atoms with Crippen LogP contribution in [0.25, 0.3) is 55.9 Å². The largest absolute Gasteiger partial charge is 0.494 e. The van der Waals surface area contributed by atoms with E-state index in [9.17, 15) is 18.0 Å². The molecule has 268 valence electrons. The molecule has 8 aromatic rings. The van der Waals surface area contributed by atoms with Gasteiger partial charge in [0.2, 0.25) is 0 Å². The van der Waals surface area contributed by atoms with Crippen molar-refractivity contribution in [2.24, 2.45) is 5.73 Å². The van der Waals surface area contributed by atoms with Crippen molar-refractivity contribution in [1.82, 2.24) is 28.7 Å². The number of halogens is 4. The van der Waals surface area contributed by atoms with Crippen LogP contribution in [0.1, 0.15) is 33.1 Å². The number of methoxy groups -OCH3 is 2. The minimum Gasteiger partial charge on any atom is -0.494 e. The standard InChI is InChI=1S/C20H16F2N4O2.C19H15ClFN3O/c1-9-18-10(2)25-20(11-4-5-14(22)13(6-11)19(23)27)26(18)15-7-12(21)8-16(28-3)17(15)24-9;1-10-18-11(2)23-19(13-6-4-5-7-14(13)20)24(18)15-8-12(21)9-16(25-3)17(15)22-10/h4-8H,1-3H3,(H2,23,27);4-9H,1-3H3. The van der Waals surface area contributed by atoms with E-state index in [2.05, 4.69) is 15.0 Å². The van der Waals surface area contributed by atoms with Gasteiger partial charge in [-0.15, -0.1) is 0 Å². The molecule has 0 unspecified atom stereocenters. The summed E-state index contributed by atoms with van der Waals surface area (Å²) in [5.74, 6) is -0.750. The molecule has 0 spiro atoms. The summed E-state index contributed by atoms with van der Waals surface area (Å²) < 4.78 is 56.6. The highest BCUT2D eigenvalue weighted by Gasteiger charge is 2.22. The SMILES string of the molecule is COc1cc(F)cc2c1nc(C)c1c(C)nc(-c3ccc(F)c(C(N)=O)c3)n12.COc1cc(F)cc2c1nc(C)c1c(C)nc(-c3ccccc3Cl)n12. The molecule has 1 amide bonds. The highest BCUT2D eigenvalue weighted by atomic mass is 35.5. The topological polar surface area (TPSA) is 122 Å². The van der Waals surface area contributed by atoms with Gasteiger partial charge in [-0.1, -0.05) is 23.7 Å². The van der Waals surface area contributed by atoms with Crippen LogP contribution in [0.5, 0.6) is 11.5 Å². The molecule has 0 aliphatic heterocycles. The van der Waals surface area contributed by atoms with E-state index in [0.717, 1.165) is 28.5 Å². The maximum atomic E-state index is 14.2. The number of rotatable bonds is 5. The molecule has 0 saturated heterocycles. The first kappa shape index (κ1) is 35.2. The zero-order chi connectivity index (χ0) is 37.9. The Kier molecular flexibility index (Phi) is 8.90. The van der Waals surface area contributed by atoms with Crippen LogP contribution in [0.4, 0.5) is 13.2 Å². The Hall–Kier alpha value is -6.21. The number of hydrogen-bond donors (Lipinski definition) is 1. The van der Waals surface area contributed by atoms with Crippen molar-refractivity contribution < 1.29 is 27.4 Å². The summed E-state index contributed by atoms with van der Waals surface area (Å²) >= 11 is 6.38. The molecule has 0 aliphatic carbocycles. The van der Waals surface area contributed by atoms with Crippen LogP contribution >= 0.6 is 11.6 Å². The summed E-state index contributed by atoms with van der Waals surface area (Å²) in [6, 6.07) is 16.8. The number of imidazole rings is 2. The number of primary amides is 1. The van der Waals surface area contributed by atoms with Gasteiger partial charge in [-0.25, -0.2) is 33.1 Å². The Morgan fingerprint density at radius 3 is 1.68 bits per heavy atom. The van der Waals surface area contributed by atoms with Crippen molar-refractivity contribution in [3.05, 3.63) is 118 Å². The van der Waals surface area contributed by atoms with Gasteiger partial charge < -0.3 is 15.2 Å². The molecule has 8 rings (SSSR count). The van der Waals surface area contributed by atoms with Crippen molar-refractivity contribution in [3.63, 3.8) is 0 Å². The Morgan fingerprint density at radius 1 is 0.679 bits per heavy atom. The third-order valence-corrected chi connectivity index (χ3v) is 9.24. The van der Waals surface area contributed by atoms with Gasteiger partial charge >= 0.3 is 0 Å². The molecule has 0 aliphatic rings. The number of amides is 1. The fraction of sp³-hybridized carbons (Fsp3) is 0.154. The Morgan fingerprint density at radius 2 is 1.17 bits per heavy atom. The van der Waals surface area contributed by atoms with E-state index in [0.29, 0.717) is 67.0 Å². The van der Waals surface area contributed by atoms with Gasteiger partial charge in [-0.2, -0.15) is 0 Å². The second kappa shape index (κ2) is 13.4. The zero-order valence-corrected chi connectivity index (χ0v) is 30.1. The molecular weight excluding hydrogens is 707 g/mol. The summed E-state index contributed by atoms with van der Waals surface area (Å²) in [5.41, 5.74) is 12.8. The summed E-state index contributed by atoms with van der Waals surface area (Å²) in [6.07, 6.45) is 0. The van der Waals surface area contributed by atoms with Gasteiger partial charge in [0.25, 0.3) is 5.91 Å². The number of ether oxygens (including phenoxy) is 2. The fourth-order valence-corrected chi connectivity index (χ4v) is 6.90. The van der Waals surface area contributed by atoms with Gasteiger partial charge in [-0.3, -0.25) is 13.6 Å². The summed E-state index contributed by atoms with van der Waals surface area (Å²) in [6.45, 7) is 7.43. The van der Waals surface area contributed by atoms with E-state index in [1.54, 1.807) is 11.3 Å². The second-order valence-electron chi connectivity index (χ2n) is 12.3. The number of carbonyl (C=O) groups is 1. The maximum Gasteiger partial charge on any atom is 0.251 e. The van der Waals surface area contributed by atoms with Crippen LogP contribution in [-0.4, -0.2) is 48.9 Å². The average Bonchev–Trinajstić information content (AvgIpc) is 3.67. The first-order valence-corrected chi connectivity index (χ1v) is 16.6. The molecule has 4 heterocycles. The van der Waals surface area contributed by atoms with Crippen molar-refractivity contribution >= 4 is 50.6 Å². The van der Waals surface area contributed by atoms with Crippen LogP contribution in [-0.2, 0) is 0 Å². The van der Waals surface area contributed by atoms with E-state index in [4.69, 9.17) is 31.8 Å². The molecule has 2 N–H and O–H groups in total. The number of nitrogens with zero attached hydrogens (tertiary/aromatic N) is 6. The minimum absolute atomic E-state index is 0.245. The highest BCUT2D eigenvalue weighted by Crippen LogP contribution is 2.36. The first-order valence-electron chi connectivity index (χ1n) is 16.2. The van der Waals surface area contributed by atoms with Gasteiger partial charge in [0.05, 0.1) is 69.6 Å². The van der Waals surface area contributed by atoms with Gasteiger partial charge in [0, 0.05) is 35.4 Å². The predicted molar refractivity (Wildman–Crippen MR) is 197 cm³/mol. The second-order valence-corrected chi connectivity index (χ2v) is 12.7. The highest BCUT2D eigenvalue weighted by molar-refractivity contribution is 6.33. The Balaban J connectivity index is 0.000000165. The van der Waals surface area contributed by atoms with Crippen molar-refractivity contribution in [1.29, 1.82) is 0 Å². The number of aromatic nitrogens is 6. The van der Waals surface area contributed by atoms with Crippen molar-refractivity contribution in [3.8, 4) is 34.3 Å². The van der Waals surface area contributed by atoms with Gasteiger partial charge in [-0.05, 0) is 58.0 Å². The smallest absolute Gasteiger partial charge is 0.251 e. The molecule has 0 radical (unpaired) electrons. The Bertz CT molecular complexity index is 2800. The summed E-state index contributed by atoms with van der Waals surface area (Å²) in [4.78, 5) is 30.0. The molecule has 0 atom stereocenters.